The van der Waals surface area contributed by atoms with Crippen molar-refractivity contribution in [3.63, 3.8) is 0 Å². The fourth-order valence-electron chi connectivity index (χ4n) is 1.25. The summed E-state index contributed by atoms with van der Waals surface area (Å²) in [5, 5.41) is 12.2. The molecular weight excluding hydrogens is 192 g/mol. The number of nitrogens with zero attached hydrogens (tertiary/aromatic N) is 1. The van der Waals surface area contributed by atoms with Gasteiger partial charge in [0.15, 0.2) is 0 Å². The van der Waals surface area contributed by atoms with Crippen molar-refractivity contribution in [2.75, 3.05) is 13.6 Å². The Morgan fingerprint density at radius 2 is 2.07 bits per heavy atom. The lowest BCUT2D eigenvalue weighted by Gasteiger charge is -2.20. The first-order chi connectivity index (χ1) is 6.81. The number of hydrogen-bond donors (Lipinski definition) is 2. The molecule has 88 valence electrons. The molecule has 0 radical (unpaired) electrons. The van der Waals surface area contributed by atoms with Crippen LogP contribution in [0.3, 0.4) is 0 Å². The second kappa shape index (κ2) is 5.85. The summed E-state index contributed by atoms with van der Waals surface area (Å²) in [6.07, 6.45) is 0.723. The summed E-state index contributed by atoms with van der Waals surface area (Å²) < 4.78 is 0. The molecule has 1 atom stereocenters. The third kappa shape index (κ3) is 5.52. The average molecular weight is 214 g/mol. The van der Waals surface area contributed by atoms with Gasteiger partial charge in [0.1, 0.15) is 0 Å². The van der Waals surface area contributed by atoms with Gasteiger partial charge in [-0.2, -0.15) is 0 Å². The zero-order valence-electron chi connectivity index (χ0n) is 10.3. The van der Waals surface area contributed by atoms with Gasteiger partial charge >= 0.3 is 0 Å². The van der Waals surface area contributed by atoms with Gasteiger partial charge in [0.2, 0.25) is 5.91 Å². The largest absolute Gasteiger partial charge is 0.389 e. The summed E-state index contributed by atoms with van der Waals surface area (Å²) in [6.45, 7) is 7.38. The molecule has 0 fully saturated rings. The quantitative estimate of drug-likeness (QED) is 0.670. The molecule has 0 spiro atoms. The molecule has 0 aromatic heterocycles. The number of aliphatic hydroxyl groups is 1. The van der Waals surface area contributed by atoms with E-state index < -0.39 is 5.60 Å². The van der Waals surface area contributed by atoms with Crippen molar-refractivity contribution in [3.8, 4) is 0 Å². The van der Waals surface area contributed by atoms with E-state index in [1.54, 1.807) is 20.9 Å². The van der Waals surface area contributed by atoms with E-state index in [-0.39, 0.29) is 18.4 Å². The first-order valence-corrected chi connectivity index (χ1v) is 5.25. The summed E-state index contributed by atoms with van der Waals surface area (Å²) in [5.74, 6) is -0.250. The summed E-state index contributed by atoms with van der Waals surface area (Å²) in [5.41, 5.74) is -0.0451. The second-order valence-electron chi connectivity index (χ2n) is 4.36. The SMILES string of the molecule is CCC(C(=O)NCC(C)(C)O)C(C)=NC. The van der Waals surface area contributed by atoms with Gasteiger partial charge in [-0.3, -0.25) is 9.79 Å². The highest BCUT2D eigenvalue weighted by molar-refractivity contribution is 6.02. The minimum Gasteiger partial charge on any atom is -0.389 e. The number of carbonyl (C=O) groups excluding carboxylic acids is 1. The van der Waals surface area contributed by atoms with Crippen molar-refractivity contribution < 1.29 is 9.90 Å². The normalized spacial score (nSPS) is 14.9. The van der Waals surface area contributed by atoms with Crippen molar-refractivity contribution in [2.45, 2.75) is 39.7 Å². The Hall–Kier alpha value is -0.900. The minimum absolute atomic E-state index is 0.0669. The van der Waals surface area contributed by atoms with Crippen LogP contribution in [0.4, 0.5) is 0 Å². The Morgan fingerprint density at radius 3 is 2.40 bits per heavy atom. The summed E-state index contributed by atoms with van der Waals surface area (Å²) in [7, 11) is 1.68. The van der Waals surface area contributed by atoms with E-state index in [1.165, 1.54) is 0 Å². The lowest BCUT2D eigenvalue weighted by atomic mass is 10.00. The first-order valence-electron chi connectivity index (χ1n) is 5.25. The highest BCUT2D eigenvalue weighted by Crippen LogP contribution is 2.06. The third-order valence-electron chi connectivity index (χ3n) is 2.28. The van der Waals surface area contributed by atoms with Gasteiger partial charge < -0.3 is 10.4 Å². The van der Waals surface area contributed by atoms with Gasteiger partial charge in [0, 0.05) is 19.3 Å². The molecule has 1 unspecified atom stereocenters. The monoisotopic (exact) mass is 214 g/mol. The minimum atomic E-state index is -0.870. The lowest BCUT2D eigenvalue weighted by Crippen LogP contribution is -2.42. The molecule has 4 nitrogen and oxygen atoms in total. The third-order valence-corrected chi connectivity index (χ3v) is 2.28. The molecule has 4 heteroatoms. The summed E-state index contributed by atoms with van der Waals surface area (Å²) >= 11 is 0. The molecule has 0 aliphatic carbocycles. The molecule has 0 aliphatic heterocycles. The highest BCUT2D eigenvalue weighted by Gasteiger charge is 2.21. The van der Waals surface area contributed by atoms with E-state index in [9.17, 15) is 9.90 Å². The Morgan fingerprint density at radius 1 is 1.53 bits per heavy atom. The van der Waals surface area contributed by atoms with E-state index in [1.807, 2.05) is 13.8 Å². The molecule has 0 saturated heterocycles. The Balaban J connectivity index is 4.30. The number of hydrogen-bond acceptors (Lipinski definition) is 3. The van der Waals surface area contributed by atoms with E-state index in [4.69, 9.17) is 0 Å². The van der Waals surface area contributed by atoms with Crippen molar-refractivity contribution >= 4 is 11.6 Å². The summed E-state index contributed by atoms with van der Waals surface area (Å²) in [6, 6.07) is 0. The zero-order chi connectivity index (χ0) is 12.1. The lowest BCUT2D eigenvalue weighted by molar-refractivity contribution is -0.124. The molecule has 2 N–H and O–H groups in total. The maximum atomic E-state index is 11.7. The maximum Gasteiger partial charge on any atom is 0.228 e. The number of carbonyl (C=O) groups is 1. The number of nitrogens with one attached hydrogen (secondary N) is 1. The van der Waals surface area contributed by atoms with Crippen LogP contribution in [0.2, 0.25) is 0 Å². The average Bonchev–Trinajstić information content (AvgIpc) is 2.14. The fourth-order valence-corrected chi connectivity index (χ4v) is 1.25. The van der Waals surface area contributed by atoms with Crippen LogP contribution in [0.15, 0.2) is 4.99 Å². The van der Waals surface area contributed by atoms with Crippen LogP contribution in [-0.4, -0.2) is 35.9 Å². The van der Waals surface area contributed by atoms with Crippen LogP contribution in [0, 0.1) is 5.92 Å². The Labute approximate surface area is 91.8 Å². The van der Waals surface area contributed by atoms with Gasteiger partial charge in [0.05, 0.1) is 11.5 Å². The predicted molar refractivity (Wildman–Crippen MR) is 62.1 cm³/mol. The Kier molecular flexibility index (Phi) is 5.50. The molecule has 0 rings (SSSR count). The van der Waals surface area contributed by atoms with Crippen LogP contribution in [0.25, 0.3) is 0 Å². The van der Waals surface area contributed by atoms with E-state index >= 15 is 0 Å². The molecule has 0 heterocycles. The fraction of sp³-hybridized carbons (Fsp3) is 0.818. The highest BCUT2D eigenvalue weighted by atomic mass is 16.3. The predicted octanol–water partition coefficient (Wildman–Crippen LogP) is 0.990. The van der Waals surface area contributed by atoms with Crippen LogP contribution in [0.5, 0.6) is 0 Å². The molecule has 0 aromatic rings. The van der Waals surface area contributed by atoms with Crippen LogP contribution < -0.4 is 5.32 Å². The van der Waals surface area contributed by atoms with E-state index in [0.717, 1.165) is 12.1 Å². The van der Waals surface area contributed by atoms with Crippen LogP contribution in [0.1, 0.15) is 34.1 Å². The van der Waals surface area contributed by atoms with Gasteiger partial charge in [-0.1, -0.05) is 6.92 Å². The number of aliphatic imine (C=N–C) groups is 1. The Bertz CT molecular complexity index is 241. The van der Waals surface area contributed by atoms with Crippen molar-refractivity contribution in [1.29, 1.82) is 0 Å². The van der Waals surface area contributed by atoms with E-state index in [2.05, 4.69) is 10.3 Å². The summed E-state index contributed by atoms with van der Waals surface area (Å²) in [4.78, 5) is 15.7. The van der Waals surface area contributed by atoms with Gasteiger partial charge in [-0.15, -0.1) is 0 Å². The van der Waals surface area contributed by atoms with Gasteiger partial charge in [0.25, 0.3) is 0 Å². The van der Waals surface area contributed by atoms with Crippen LogP contribution in [-0.2, 0) is 4.79 Å². The number of amides is 1. The molecular formula is C11H22N2O2. The van der Waals surface area contributed by atoms with Crippen LogP contribution >= 0.6 is 0 Å². The molecule has 0 aromatic carbocycles. The van der Waals surface area contributed by atoms with Gasteiger partial charge in [-0.25, -0.2) is 0 Å². The molecule has 0 aliphatic rings. The zero-order valence-corrected chi connectivity index (χ0v) is 10.3. The van der Waals surface area contributed by atoms with Crippen molar-refractivity contribution in [1.82, 2.24) is 5.32 Å². The molecule has 0 bridgehead atoms. The number of rotatable bonds is 5. The van der Waals surface area contributed by atoms with Crippen molar-refractivity contribution in [2.24, 2.45) is 10.9 Å². The molecule has 1 amide bonds. The maximum absolute atomic E-state index is 11.7. The van der Waals surface area contributed by atoms with E-state index in [0.29, 0.717) is 0 Å². The molecule has 0 saturated carbocycles. The van der Waals surface area contributed by atoms with Gasteiger partial charge in [-0.05, 0) is 27.2 Å². The second-order valence-corrected chi connectivity index (χ2v) is 4.36. The standard InChI is InChI=1S/C11H22N2O2/c1-6-9(8(2)12-5)10(14)13-7-11(3,4)15/h9,15H,6-7H2,1-5H3,(H,13,14). The molecule has 15 heavy (non-hydrogen) atoms. The van der Waals surface area contributed by atoms with Crippen molar-refractivity contribution in [3.05, 3.63) is 0 Å². The first kappa shape index (κ1) is 14.1. The smallest absolute Gasteiger partial charge is 0.228 e. The topological polar surface area (TPSA) is 61.7 Å².